The summed E-state index contributed by atoms with van der Waals surface area (Å²) >= 11 is 5.15. The minimum atomic E-state index is -5.08. The van der Waals surface area contributed by atoms with E-state index in [2.05, 4.69) is 34.2 Å². The maximum atomic E-state index is 12.3. The maximum absolute atomic E-state index is 12.3. The first-order valence-electron chi connectivity index (χ1n) is 26.7. The second kappa shape index (κ2) is 39.6. The van der Waals surface area contributed by atoms with E-state index in [-0.39, 0.29) is 70.1 Å². The summed E-state index contributed by atoms with van der Waals surface area (Å²) in [6.45, 7) is 2.08. The summed E-state index contributed by atoms with van der Waals surface area (Å²) in [7, 11) is 0. The van der Waals surface area contributed by atoms with Gasteiger partial charge < -0.3 is 61.3 Å². The molecule has 45 heteroatoms. The van der Waals surface area contributed by atoms with E-state index in [1.165, 1.54) is 16.7 Å². The molecule has 9 N–H and O–H groups in total. The third-order valence-corrected chi connectivity index (χ3v) is 16.3. The lowest BCUT2D eigenvalue weighted by Gasteiger charge is -2.18. The molecule has 9 rings (SSSR count). The van der Waals surface area contributed by atoms with Crippen molar-refractivity contribution in [2.45, 2.75) is 128 Å². The van der Waals surface area contributed by atoms with Gasteiger partial charge in [0.25, 0.3) is 0 Å². The smallest absolute Gasteiger partial charge is 0.475 e. The summed E-state index contributed by atoms with van der Waals surface area (Å²) in [5, 5.41) is 80.4. The fourth-order valence-electron chi connectivity index (χ4n) is 7.89. The van der Waals surface area contributed by atoms with Crippen molar-refractivity contribution in [3.63, 3.8) is 0 Å². The number of hydrogen-bond acceptors (Lipinski definition) is 18. The number of aliphatic carboxylic acids is 6. The number of amides is 3. The van der Waals surface area contributed by atoms with Crippen LogP contribution in [0, 0.1) is 34.0 Å². The molecular weight excluding hydrogens is 1450 g/mol. The number of thioether (sulfide) groups is 3. The molecule has 6 aliphatic rings. The number of alkyl halides is 18. The fraction of sp³-hybridized carbons (Fsp3) is 0.444. The standard InChI is InChI=1S/3C14H15N3OS.6C2HF3O2/c3*15-7-11-9-19-13-6-12(14(18)17(11)13)16-8-10-4-2-1-3-5-10;6*3-2(4,5)1(6)7/h3*1-5,11-13,16H,6,8-9H2;6*(H,6,7)/t11-,12-,13+;;;;;;;;/m1......../s1. The molecule has 6 fully saturated rings. The Balaban J connectivity index is 0.000000584. The normalized spacial score (nSPS) is 21.7. The first-order chi connectivity index (χ1) is 45.5. The van der Waals surface area contributed by atoms with Gasteiger partial charge >= 0.3 is 72.9 Å². The van der Waals surface area contributed by atoms with E-state index in [9.17, 15) is 93.4 Å². The molecular formula is C54H51F18N9O15S3. The van der Waals surface area contributed by atoms with Crippen LogP contribution in [0.3, 0.4) is 0 Å². The third kappa shape index (κ3) is 31.2. The Morgan fingerprint density at radius 3 is 0.667 bits per heavy atom. The lowest BCUT2D eigenvalue weighted by atomic mass is 10.2. The van der Waals surface area contributed by atoms with Crippen LogP contribution in [0.5, 0.6) is 0 Å². The summed E-state index contributed by atoms with van der Waals surface area (Å²) in [6, 6.07) is 35.6. The zero-order valence-corrected chi connectivity index (χ0v) is 51.7. The van der Waals surface area contributed by atoms with Crippen LogP contribution in [0.1, 0.15) is 36.0 Å². The summed E-state index contributed by atoms with van der Waals surface area (Å²) in [5.41, 5.74) is 3.52. The number of rotatable bonds is 9. The number of nitrogens with zero attached hydrogens (tertiary/aromatic N) is 6. The molecule has 24 nitrogen and oxygen atoms in total. The number of hydrogen-bond donors (Lipinski definition) is 9. The third-order valence-electron chi connectivity index (χ3n) is 12.3. The Hall–Kier alpha value is -8.97. The van der Waals surface area contributed by atoms with Gasteiger partial charge in [-0.3, -0.25) is 14.4 Å². The van der Waals surface area contributed by atoms with Crippen LogP contribution in [0.25, 0.3) is 0 Å². The molecule has 6 aliphatic heterocycles. The van der Waals surface area contributed by atoms with Gasteiger partial charge in [0.05, 0.1) is 52.5 Å². The minimum Gasteiger partial charge on any atom is -0.475 e. The van der Waals surface area contributed by atoms with Crippen molar-refractivity contribution in [2.24, 2.45) is 0 Å². The number of benzene rings is 3. The lowest BCUT2D eigenvalue weighted by molar-refractivity contribution is -0.193. The van der Waals surface area contributed by atoms with Gasteiger partial charge in [0.15, 0.2) is 0 Å². The zero-order chi connectivity index (χ0) is 76.2. The molecule has 6 saturated heterocycles. The molecule has 9 atom stereocenters. The highest BCUT2D eigenvalue weighted by molar-refractivity contribution is 8.00. The Morgan fingerprint density at radius 2 is 0.525 bits per heavy atom. The van der Waals surface area contributed by atoms with Gasteiger partial charge in [-0.2, -0.15) is 94.8 Å². The first-order valence-corrected chi connectivity index (χ1v) is 29.8. The van der Waals surface area contributed by atoms with E-state index >= 15 is 0 Å². The molecule has 3 amide bonds. The quantitative estimate of drug-likeness (QED) is 0.0921. The van der Waals surface area contributed by atoms with Gasteiger partial charge in [-0.05, 0) is 16.7 Å². The zero-order valence-electron chi connectivity index (χ0n) is 49.3. The van der Waals surface area contributed by atoms with Crippen molar-refractivity contribution < 1.29 is 153 Å². The van der Waals surface area contributed by atoms with Gasteiger partial charge in [0.1, 0.15) is 18.1 Å². The van der Waals surface area contributed by atoms with E-state index in [0.717, 1.165) is 36.5 Å². The molecule has 0 aliphatic carbocycles. The SMILES string of the molecule is N#CC1CSC2CC(NCc3ccccc3)C(=O)N12.N#CC1CSC2CC(NCc3ccccc3)C(=O)N12.N#C[C@@H]1CS[C@H]2C[C@@H](NCc3ccccc3)C(=O)N12.O=C(O)C(F)(F)F.O=C(O)C(F)(F)F.O=C(O)C(F)(F)F.O=C(O)C(F)(F)F.O=C(O)C(F)(F)F.O=C(O)C(F)(F)F. The molecule has 0 radical (unpaired) electrons. The average molecular weight is 1500 g/mol. The van der Waals surface area contributed by atoms with Crippen molar-refractivity contribution in [3.8, 4) is 18.2 Å². The molecule has 546 valence electrons. The van der Waals surface area contributed by atoms with E-state index in [0.29, 0.717) is 19.6 Å². The summed E-state index contributed by atoms with van der Waals surface area (Å²) in [6.07, 6.45) is -28.1. The highest BCUT2D eigenvalue weighted by atomic mass is 32.2. The number of carboxylic acids is 6. The first kappa shape index (κ1) is 88.0. The number of carbonyl (C=O) groups excluding carboxylic acids is 3. The topological polar surface area (TPSA) is 392 Å². The second-order valence-corrected chi connectivity index (χ2v) is 22.9. The van der Waals surface area contributed by atoms with Crippen LogP contribution < -0.4 is 16.0 Å². The molecule has 0 bridgehead atoms. The van der Waals surface area contributed by atoms with Crippen molar-refractivity contribution >= 4 is 88.8 Å². The Morgan fingerprint density at radius 1 is 0.364 bits per heavy atom. The van der Waals surface area contributed by atoms with E-state index in [1.807, 2.05) is 91.0 Å². The van der Waals surface area contributed by atoms with Gasteiger partial charge in [-0.1, -0.05) is 91.0 Å². The van der Waals surface area contributed by atoms with Crippen LogP contribution in [0.4, 0.5) is 79.0 Å². The number of nitriles is 3. The summed E-state index contributed by atoms with van der Waals surface area (Å²) in [5.74, 6) is -14.1. The average Bonchev–Trinajstić information content (AvgIpc) is 1.65. The largest absolute Gasteiger partial charge is 0.490 e. The number of fused-ring (bicyclic) bond motifs is 3. The fourth-order valence-corrected chi connectivity index (χ4v) is 12.0. The van der Waals surface area contributed by atoms with Crippen molar-refractivity contribution in [1.82, 2.24) is 30.7 Å². The van der Waals surface area contributed by atoms with Crippen molar-refractivity contribution in [1.29, 1.82) is 15.8 Å². The highest BCUT2D eigenvalue weighted by Gasteiger charge is 2.50. The van der Waals surface area contributed by atoms with Gasteiger partial charge in [-0.25, -0.2) is 28.8 Å². The van der Waals surface area contributed by atoms with E-state index in [4.69, 9.17) is 75.2 Å². The molecule has 0 aromatic heterocycles. The van der Waals surface area contributed by atoms with Gasteiger partial charge in [0.2, 0.25) is 17.7 Å². The second-order valence-electron chi connectivity index (χ2n) is 19.3. The molecule has 3 aromatic carbocycles. The Kier molecular flexibility index (Phi) is 35.2. The predicted molar refractivity (Wildman–Crippen MR) is 305 cm³/mol. The highest BCUT2D eigenvalue weighted by Crippen LogP contribution is 2.40. The van der Waals surface area contributed by atoms with Crippen LogP contribution in [0.15, 0.2) is 91.0 Å². The monoisotopic (exact) mass is 1500 g/mol. The van der Waals surface area contributed by atoms with Crippen molar-refractivity contribution in [2.75, 3.05) is 17.3 Å². The molecule has 99 heavy (non-hydrogen) atoms. The van der Waals surface area contributed by atoms with E-state index < -0.39 is 72.9 Å². The molecule has 0 saturated carbocycles. The Bertz CT molecular complexity index is 2890. The van der Waals surface area contributed by atoms with Gasteiger partial charge in [0, 0.05) is 56.2 Å². The summed E-state index contributed by atoms with van der Waals surface area (Å²) < 4.78 is 190. The van der Waals surface area contributed by atoms with Crippen LogP contribution in [-0.2, 0) is 62.8 Å². The number of nitrogens with one attached hydrogen (secondary N) is 3. The maximum Gasteiger partial charge on any atom is 0.490 e. The summed E-state index contributed by atoms with van der Waals surface area (Å²) in [4.78, 5) is 95.5. The van der Waals surface area contributed by atoms with Crippen LogP contribution >= 0.6 is 35.3 Å². The minimum absolute atomic E-state index is 0.0810. The number of halogens is 18. The van der Waals surface area contributed by atoms with Crippen LogP contribution in [-0.4, -0.2) is 206 Å². The van der Waals surface area contributed by atoms with Gasteiger partial charge in [-0.15, -0.1) is 35.3 Å². The lowest BCUT2D eigenvalue weighted by Crippen LogP contribution is -2.41. The van der Waals surface area contributed by atoms with Crippen LogP contribution in [0.2, 0.25) is 0 Å². The van der Waals surface area contributed by atoms with Crippen molar-refractivity contribution in [3.05, 3.63) is 108 Å². The molecule has 3 aromatic rings. The van der Waals surface area contributed by atoms with E-state index in [1.54, 1.807) is 50.0 Å². The molecule has 0 spiro atoms. The Labute approximate surface area is 557 Å². The number of carbonyl (C=O) groups is 9. The predicted octanol–water partition coefficient (Wildman–Crippen LogP) is 7.83. The number of carboxylic acid groups (broad SMARTS) is 6. The molecule has 6 heterocycles. The molecule has 6 unspecified atom stereocenters.